The number of rotatable bonds is 7. The van der Waals surface area contributed by atoms with Gasteiger partial charge in [-0.1, -0.05) is 18.2 Å². The molecule has 1 fully saturated rings. The van der Waals surface area contributed by atoms with Gasteiger partial charge in [0.05, 0.1) is 14.2 Å². The molecule has 11 nitrogen and oxygen atoms in total. The summed E-state index contributed by atoms with van der Waals surface area (Å²) in [6.45, 7) is 4.69. The minimum atomic E-state index is -0.548. The molecule has 0 radical (unpaired) electrons. The number of hydrogen-bond donors (Lipinski definition) is 1. The van der Waals surface area contributed by atoms with Gasteiger partial charge >= 0.3 is 0 Å². The summed E-state index contributed by atoms with van der Waals surface area (Å²) in [5, 5.41) is 3.17. The highest BCUT2D eigenvalue weighted by Gasteiger charge is 2.24. The van der Waals surface area contributed by atoms with E-state index >= 15 is 0 Å². The van der Waals surface area contributed by atoms with Crippen molar-refractivity contribution in [2.75, 3.05) is 45.7 Å². The molecule has 0 spiro atoms. The molecule has 3 heterocycles. The molecule has 4 rings (SSSR count). The number of nitrogens with one attached hydrogen (secondary N) is 1. The number of nitrogens with zero attached hydrogens (tertiary/aromatic N) is 5. The fourth-order valence-corrected chi connectivity index (χ4v) is 4.02. The average molecular weight is 513 g/mol. The molecular weight excluding hydrogens is 488 g/mol. The largest absolute Gasteiger partial charge is 0.497 e. The van der Waals surface area contributed by atoms with E-state index in [4.69, 9.17) is 21.1 Å². The van der Waals surface area contributed by atoms with Crippen molar-refractivity contribution in [3.8, 4) is 11.5 Å². The maximum absolute atomic E-state index is 13.5. The first-order chi connectivity index (χ1) is 17.3. The van der Waals surface area contributed by atoms with Crippen LogP contribution in [0.15, 0.2) is 47.8 Å². The predicted molar refractivity (Wildman–Crippen MR) is 135 cm³/mol. The average Bonchev–Trinajstić information content (AvgIpc) is 2.90. The lowest BCUT2D eigenvalue weighted by molar-refractivity contribution is -0.137. The summed E-state index contributed by atoms with van der Waals surface area (Å²) < 4.78 is 11.8. The number of aromatic nitrogens is 3. The zero-order valence-electron chi connectivity index (χ0n) is 19.9. The first-order valence-electron chi connectivity index (χ1n) is 11.1. The van der Waals surface area contributed by atoms with Crippen LogP contribution in [-0.2, 0) is 16.1 Å². The number of methoxy groups -OCH3 is 2. The highest BCUT2D eigenvalue weighted by atomic mass is 35.5. The van der Waals surface area contributed by atoms with Crippen molar-refractivity contribution >= 4 is 46.1 Å². The van der Waals surface area contributed by atoms with Gasteiger partial charge in [-0.25, -0.2) is 9.97 Å². The smallest absolute Gasteiger partial charge is 0.295 e. The van der Waals surface area contributed by atoms with Gasteiger partial charge in [0.15, 0.2) is 11.5 Å². The Hall–Kier alpha value is -4.12. The number of carbonyl (C=O) groups is 2. The summed E-state index contributed by atoms with van der Waals surface area (Å²) in [7, 11) is 3.04. The van der Waals surface area contributed by atoms with Gasteiger partial charge in [-0.05, 0) is 18.2 Å². The molecule has 1 N–H and O–H groups in total. The van der Waals surface area contributed by atoms with E-state index < -0.39 is 5.56 Å². The van der Waals surface area contributed by atoms with Gasteiger partial charge in [0.2, 0.25) is 11.8 Å². The predicted octanol–water partition coefficient (Wildman–Crippen LogP) is 2.06. The van der Waals surface area contributed by atoms with Crippen LogP contribution in [0.5, 0.6) is 11.5 Å². The Morgan fingerprint density at radius 1 is 1.06 bits per heavy atom. The van der Waals surface area contributed by atoms with Crippen molar-refractivity contribution in [2.24, 2.45) is 0 Å². The first-order valence-corrected chi connectivity index (χ1v) is 11.5. The Bertz CT molecular complexity index is 1360. The highest BCUT2D eigenvalue weighted by molar-refractivity contribution is 6.29. The zero-order chi connectivity index (χ0) is 25.8. The van der Waals surface area contributed by atoms with Gasteiger partial charge in [-0.15, -0.1) is 0 Å². The van der Waals surface area contributed by atoms with Crippen LogP contribution in [0.4, 0.5) is 11.5 Å². The summed E-state index contributed by atoms with van der Waals surface area (Å²) >= 11 is 6.09. The van der Waals surface area contributed by atoms with Crippen LogP contribution in [0, 0.1) is 0 Å². The van der Waals surface area contributed by atoms with Gasteiger partial charge in [-0.3, -0.25) is 19.0 Å². The van der Waals surface area contributed by atoms with Crippen molar-refractivity contribution in [1.29, 1.82) is 0 Å². The van der Waals surface area contributed by atoms with E-state index in [-0.39, 0.29) is 35.0 Å². The Balaban J connectivity index is 1.66. The topological polar surface area (TPSA) is 119 Å². The molecule has 3 aromatic rings. The maximum atomic E-state index is 13.5. The number of halogens is 1. The van der Waals surface area contributed by atoms with Crippen LogP contribution >= 0.6 is 11.6 Å². The van der Waals surface area contributed by atoms with E-state index in [2.05, 4.69) is 21.9 Å². The van der Waals surface area contributed by atoms with Gasteiger partial charge in [0.25, 0.3) is 5.56 Å². The SMILES string of the molecule is C=CC(=O)N1CCN(C(=O)Cn2c(=O)c(Nc3cc(OC)cc(OC)c3)nc3ccc(Cl)nc32)CC1. The Morgan fingerprint density at radius 3 is 2.31 bits per heavy atom. The van der Waals surface area contributed by atoms with Gasteiger partial charge < -0.3 is 24.6 Å². The second-order valence-corrected chi connectivity index (χ2v) is 8.35. The summed E-state index contributed by atoms with van der Waals surface area (Å²) in [4.78, 5) is 50.3. The number of ether oxygens (including phenoxy) is 2. The number of hydrogen-bond acceptors (Lipinski definition) is 8. The number of benzene rings is 1. The maximum Gasteiger partial charge on any atom is 0.295 e. The van der Waals surface area contributed by atoms with E-state index in [9.17, 15) is 14.4 Å². The van der Waals surface area contributed by atoms with Crippen molar-refractivity contribution in [1.82, 2.24) is 24.3 Å². The Kier molecular flexibility index (Phi) is 7.39. The van der Waals surface area contributed by atoms with E-state index in [0.717, 1.165) is 0 Å². The number of amides is 2. The second-order valence-electron chi connectivity index (χ2n) is 7.96. The fraction of sp³-hybridized carbons (Fsp3) is 0.292. The van der Waals surface area contributed by atoms with Gasteiger partial charge in [0, 0.05) is 50.1 Å². The van der Waals surface area contributed by atoms with Crippen molar-refractivity contribution < 1.29 is 19.1 Å². The molecule has 1 aliphatic heterocycles. The Labute approximate surface area is 211 Å². The lowest BCUT2D eigenvalue weighted by Crippen LogP contribution is -2.51. The summed E-state index contributed by atoms with van der Waals surface area (Å²) in [6, 6.07) is 8.26. The number of piperazine rings is 1. The number of pyridine rings is 1. The van der Waals surface area contributed by atoms with Crippen LogP contribution in [-0.4, -0.2) is 76.5 Å². The van der Waals surface area contributed by atoms with Crippen LogP contribution in [0.3, 0.4) is 0 Å². The van der Waals surface area contributed by atoms with Crippen molar-refractivity contribution in [2.45, 2.75) is 6.54 Å². The van der Waals surface area contributed by atoms with Gasteiger partial charge in [-0.2, -0.15) is 0 Å². The fourth-order valence-electron chi connectivity index (χ4n) is 3.88. The molecule has 1 saturated heterocycles. The van der Waals surface area contributed by atoms with Crippen LogP contribution in [0.1, 0.15) is 0 Å². The molecule has 0 unspecified atom stereocenters. The lowest BCUT2D eigenvalue weighted by atomic mass is 10.2. The minimum absolute atomic E-state index is 0.00359. The molecule has 188 valence electrons. The molecule has 12 heteroatoms. The quantitative estimate of drug-likeness (QED) is 0.377. The molecule has 0 bridgehead atoms. The summed E-state index contributed by atoms with van der Waals surface area (Å²) in [6.07, 6.45) is 1.25. The molecule has 36 heavy (non-hydrogen) atoms. The normalized spacial score (nSPS) is 13.4. The van der Waals surface area contributed by atoms with E-state index in [1.165, 1.54) is 24.9 Å². The standard InChI is InChI=1S/C24H25ClN6O5/c1-4-20(32)29-7-9-30(10-8-29)21(33)14-31-23-18(5-6-19(25)28-23)27-22(24(31)34)26-15-11-16(35-2)13-17(12-15)36-3/h4-6,11-13H,1,7-10,14H2,2-3H3,(H,26,27). The minimum Gasteiger partial charge on any atom is -0.497 e. The monoisotopic (exact) mass is 512 g/mol. The third-order valence-corrected chi connectivity index (χ3v) is 5.99. The molecule has 0 atom stereocenters. The van der Waals surface area contributed by atoms with Crippen LogP contribution in [0.25, 0.3) is 11.2 Å². The zero-order valence-corrected chi connectivity index (χ0v) is 20.6. The van der Waals surface area contributed by atoms with Crippen LogP contribution in [0.2, 0.25) is 5.15 Å². The van der Waals surface area contributed by atoms with Gasteiger partial charge in [0.1, 0.15) is 28.7 Å². The third-order valence-electron chi connectivity index (χ3n) is 5.78. The van der Waals surface area contributed by atoms with E-state index in [1.54, 1.807) is 40.1 Å². The molecule has 1 aliphatic rings. The van der Waals surface area contributed by atoms with E-state index in [0.29, 0.717) is 48.9 Å². The van der Waals surface area contributed by atoms with Crippen molar-refractivity contribution in [3.63, 3.8) is 0 Å². The highest BCUT2D eigenvalue weighted by Crippen LogP contribution is 2.27. The molecule has 0 saturated carbocycles. The summed E-state index contributed by atoms with van der Waals surface area (Å²) in [5.41, 5.74) is 0.534. The van der Waals surface area contributed by atoms with Crippen LogP contribution < -0.4 is 20.3 Å². The molecule has 2 aromatic heterocycles. The molecular formula is C24H25ClN6O5. The summed E-state index contributed by atoms with van der Waals surface area (Å²) in [5.74, 6) is 0.579. The number of carbonyl (C=O) groups excluding carboxylic acids is 2. The Morgan fingerprint density at radius 2 is 1.69 bits per heavy atom. The number of anilines is 2. The van der Waals surface area contributed by atoms with Crippen molar-refractivity contribution in [3.05, 3.63) is 58.5 Å². The molecule has 2 amide bonds. The third kappa shape index (κ3) is 5.25. The first kappa shape index (κ1) is 25.0. The van der Waals surface area contributed by atoms with E-state index in [1.807, 2.05) is 0 Å². The molecule has 0 aliphatic carbocycles. The second kappa shape index (κ2) is 10.6. The molecule has 1 aromatic carbocycles. The number of fused-ring (bicyclic) bond motifs is 1. The lowest BCUT2D eigenvalue weighted by Gasteiger charge is -2.34.